The molecule has 0 aliphatic carbocycles. The van der Waals surface area contributed by atoms with Crippen molar-refractivity contribution in [1.82, 2.24) is 10.2 Å². The van der Waals surface area contributed by atoms with E-state index in [9.17, 15) is 22.8 Å². The zero-order chi connectivity index (χ0) is 20.1. The fourth-order valence-electron chi connectivity index (χ4n) is 2.09. The second-order valence-corrected chi connectivity index (χ2v) is 7.13. The molecule has 0 unspecified atom stereocenters. The molecular formula is C18H22ClF3N2O2. The quantitative estimate of drug-likeness (QED) is 0.768. The molecule has 0 aromatic heterocycles. The van der Waals surface area contributed by atoms with Crippen LogP contribution in [0.4, 0.5) is 13.2 Å². The van der Waals surface area contributed by atoms with Crippen LogP contribution in [0.3, 0.4) is 0 Å². The zero-order valence-electron chi connectivity index (χ0n) is 15.1. The smallest absolute Gasteiger partial charge is 0.350 e. The Hall–Kier alpha value is -2.02. The molecule has 0 aliphatic rings. The van der Waals surface area contributed by atoms with Crippen molar-refractivity contribution >= 4 is 29.5 Å². The second-order valence-electron chi connectivity index (χ2n) is 6.72. The molecule has 4 nitrogen and oxygen atoms in total. The fourth-order valence-corrected chi connectivity index (χ4v) is 2.27. The van der Waals surface area contributed by atoms with E-state index in [4.69, 9.17) is 11.6 Å². The number of nitrogens with zero attached hydrogens (tertiary/aromatic N) is 1. The lowest BCUT2D eigenvalue weighted by Crippen LogP contribution is -2.47. The van der Waals surface area contributed by atoms with Crippen LogP contribution in [0.1, 0.15) is 38.8 Å². The first-order valence-corrected chi connectivity index (χ1v) is 8.36. The molecule has 0 aliphatic heterocycles. The van der Waals surface area contributed by atoms with Gasteiger partial charge in [0, 0.05) is 23.2 Å². The largest absolute Gasteiger partial charge is 0.416 e. The standard InChI is InChI=1S/C18H22ClF3N2O2/c1-5-24(11-15(25)23-17(2,3)4)16(26)9-6-12-10-13(18(20,21)22)7-8-14(12)19/h6-10H,5,11H2,1-4H3,(H,23,25). The molecular weight excluding hydrogens is 369 g/mol. The van der Waals surface area contributed by atoms with E-state index in [1.165, 1.54) is 11.0 Å². The van der Waals surface area contributed by atoms with Gasteiger partial charge in [-0.3, -0.25) is 9.59 Å². The molecule has 0 saturated carbocycles. The summed E-state index contributed by atoms with van der Waals surface area (Å²) in [5.41, 5.74) is -1.21. The van der Waals surface area contributed by atoms with E-state index in [1.807, 2.05) is 20.8 Å². The van der Waals surface area contributed by atoms with Crippen molar-refractivity contribution in [3.63, 3.8) is 0 Å². The molecule has 0 heterocycles. The topological polar surface area (TPSA) is 49.4 Å². The Morgan fingerprint density at radius 1 is 1.23 bits per heavy atom. The number of rotatable bonds is 5. The molecule has 8 heteroatoms. The first kappa shape index (κ1) is 22.0. The summed E-state index contributed by atoms with van der Waals surface area (Å²) in [7, 11) is 0. The summed E-state index contributed by atoms with van der Waals surface area (Å²) in [5, 5.41) is 2.84. The number of halogens is 4. The molecule has 0 radical (unpaired) electrons. The number of benzene rings is 1. The number of carbonyl (C=O) groups excluding carboxylic acids is 2. The number of carbonyl (C=O) groups is 2. The molecule has 0 saturated heterocycles. The number of likely N-dealkylation sites (N-methyl/N-ethyl adjacent to an activating group) is 1. The average molecular weight is 391 g/mol. The van der Waals surface area contributed by atoms with E-state index >= 15 is 0 Å². The first-order valence-electron chi connectivity index (χ1n) is 7.98. The number of alkyl halides is 3. The molecule has 1 rings (SSSR count). The Balaban J connectivity index is 2.89. The molecule has 0 atom stereocenters. The molecule has 26 heavy (non-hydrogen) atoms. The van der Waals surface area contributed by atoms with Crippen molar-refractivity contribution < 1.29 is 22.8 Å². The molecule has 2 amide bonds. The molecule has 0 bridgehead atoms. The van der Waals surface area contributed by atoms with E-state index in [-0.39, 0.29) is 29.6 Å². The van der Waals surface area contributed by atoms with Crippen LogP contribution in [-0.4, -0.2) is 35.3 Å². The van der Waals surface area contributed by atoms with Crippen molar-refractivity contribution in [2.75, 3.05) is 13.1 Å². The van der Waals surface area contributed by atoms with Crippen LogP contribution in [-0.2, 0) is 15.8 Å². The SMILES string of the molecule is CCN(CC(=O)NC(C)(C)C)C(=O)C=Cc1cc(C(F)(F)F)ccc1Cl. The molecule has 144 valence electrons. The highest BCUT2D eigenvalue weighted by Gasteiger charge is 2.30. The van der Waals surface area contributed by atoms with Gasteiger partial charge in [0.25, 0.3) is 0 Å². The molecule has 0 fully saturated rings. The second kappa shape index (κ2) is 8.58. The van der Waals surface area contributed by atoms with E-state index < -0.39 is 23.2 Å². The normalized spacial score (nSPS) is 12.3. The van der Waals surface area contributed by atoms with Gasteiger partial charge in [0.1, 0.15) is 0 Å². The van der Waals surface area contributed by atoms with E-state index in [0.29, 0.717) is 0 Å². The summed E-state index contributed by atoms with van der Waals surface area (Å²) in [4.78, 5) is 25.5. The van der Waals surface area contributed by atoms with Crippen LogP contribution in [0.25, 0.3) is 6.08 Å². The number of nitrogens with one attached hydrogen (secondary N) is 1. The van der Waals surface area contributed by atoms with Crippen molar-refractivity contribution in [3.05, 3.63) is 40.4 Å². The maximum atomic E-state index is 12.8. The summed E-state index contributed by atoms with van der Waals surface area (Å²) in [6.07, 6.45) is -2.18. The lowest BCUT2D eigenvalue weighted by molar-refractivity contribution is -0.137. The van der Waals surface area contributed by atoms with Crippen molar-refractivity contribution in [1.29, 1.82) is 0 Å². The molecule has 0 spiro atoms. The number of hydrogen-bond acceptors (Lipinski definition) is 2. The van der Waals surface area contributed by atoms with Gasteiger partial charge >= 0.3 is 6.18 Å². The Labute approximate surface area is 156 Å². The lowest BCUT2D eigenvalue weighted by atomic mass is 10.1. The van der Waals surface area contributed by atoms with Gasteiger partial charge in [-0.2, -0.15) is 13.2 Å². The van der Waals surface area contributed by atoms with Crippen LogP contribution >= 0.6 is 11.6 Å². The van der Waals surface area contributed by atoms with Crippen LogP contribution in [0.2, 0.25) is 5.02 Å². The highest BCUT2D eigenvalue weighted by Crippen LogP contribution is 2.32. The summed E-state index contributed by atoms with van der Waals surface area (Å²) in [6, 6.07) is 2.87. The minimum Gasteiger partial charge on any atom is -0.350 e. The van der Waals surface area contributed by atoms with Gasteiger partial charge in [-0.05, 0) is 57.5 Å². The molecule has 1 aromatic carbocycles. The Morgan fingerprint density at radius 2 is 1.85 bits per heavy atom. The van der Waals surface area contributed by atoms with Crippen LogP contribution in [0, 0.1) is 0 Å². The zero-order valence-corrected chi connectivity index (χ0v) is 15.8. The first-order chi connectivity index (χ1) is 11.8. The average Bonchev–Trinajstić information content (AvgIpc) is 2.48. The Kier molecular flexibility index (Phi) is 7.26. The van der Waals surface area contributed by atoms with Crippen LogP contribution < -0.4 is 5.32 Å². The predicted molar refractivity (Wildman–Crippen MR) is 95.6 cm³/mol. The Bertz CT molecular complexity index is 695. The summed E-state index contributed by atoms with van der Waals surface area (Å²) in [5.74, 6) is -0.816. The number of hydrogen-bond donors (Lipinski definition) is 1. The predicted octanol–water partition coefficient (Wildman–Crippen LogP) is 4.14. The summed E-state index contributed by atoms with van der Waals surface area (Å²) >= 11 is 5.89. The minimum absolute atomic E-state index is 0.0741. The van der Waals surface area contributed by atoms with Crippen molar-refractivity contribution in [3.8, 4) is 0 Å². The highest BCUT2D eigenvalue weighted by molar-refractivity contribution is 6.32. The van der Waals surface area contributed by atoms with Crippen LogP contribution in [0.15, 0.2) is 24.3 Å². The minimum atomic E-state index is -4.50. The summed E-state index contributed by atoms with van der Waals surface area (Å²) < 4.78 is 38.3. The van der Waals surface area contributed by atoms with Gasteiger partial charge in [0.2, 0.25) is 11.8 Å². The van der Waals surface area contributed by atoms with E-state index in [0.717, 1.165) is 24.3 Å². The maximum absolute atomic E-state index is 12.8. The van der Waals surface area contributed by atoms with Gasteiger partial charge in [-0.1, -0.05) is 11.6 Å². The third kappa shape index (κ3) is 7.07. The molecule has 1 aromatic rings. The molecule has 1 N–H and O–H groups in total. The van der Waals surface area contributed by atoms with Gasteiger partial charge < -0.3 is 10.2 Å². The third-order valence-corrected chi connectivity index (χ3v) is 3.62. The fraction of sp³-hybridized carbons (Fsp3) is 0.444. The van der Waals surface area contributed by atoms with Gasteiger partial charge in [-0.15, -0.1) is 0 Å². The van der Waals surface area contributed by atoms with Gasteiger partial charge in [0.05, 0.1) is 12.1 Å². The third-order valence-electron chi connectivity index (χ3n) is 3.27. The van der Waals surface area contributed by atoms with Crippen molar-refractivity contribution in [2.24, 2.45) is 0 Å². The summed E-state index contributed by atoms with van der Waals surface area (Å²) in [6.45, 7) is 7.29. The highest BCUT2D eigenvalue weighted by atomic mass is 35.5. The van der Waals surface area contributed by atoms with Crippen molar-refractivity contribution in [2.45, 2.75) is 39.4 Å². The van der Waals surface area contributed by atoms with Gasteiger partial charge in [-0.25, -0.2) is 0 Å². The van der Waals surface area contributed by atoms with E-state index in [2.05, 4.69) is 5.32 Å². The van der Waals surface area contributed by atoms with Crippen LogP contribution in [0.5, 0.6) is 0 Å². The lowest BCUT2D eigenvalue weighted by Gasteiger charge is -2.24. The Morgan fingerprint density at radius 3 is 2.35 bits per heavy atom. The number of amides is 2. The maximum Gasteiger partial charge on any atom is 0.416 e. The van der Waals surface area contributed by atoms with Gasteiger partial charge in [0.15, 0.2) is 0 Å². The monoisotopic (exact) mass is 390 g/mol. The van der Waals surface area contributed by atoms with E-state index in [1.54, 1.807) is 6.92 Å².